The van der Waals surface area contributed by atoms with Crippen LogP contribution in [0.1, 0.15) is 128 Å². The van der Waals surface area contributed by atoms with Gasteiger partial charge in [0, 0.05) is 103 Å². The van der Waals surface area contributed by atoms with Crippen molar-refractivity contribution in [2.24, 2.45) is 14.1 Å². The minimum Gasteiger partial charge on any atom is -0.456 e. The van der Waals surface area contributed by atoms with Gasteiger partial charge in [-0.1, -0.05) is 74.9 Å². The van der Waals surface area contributed by atoms with Crippen LogP contribution in [0.15, 0.2) is 117 Å². The molecule has 2 aromatic heterocycles. The molecule has 0 saturated carbocycles. The SMILES string of the molecule is CCN(CC)c1ccc2c(-c3ccc(S(=O)(=O)NCCCCCCCCCCNC(=O)NCCCCC(NC(=O)Cc4csc(=N)n4C)C(=O)NC(Cc4c[n+](Cc5ccccc5)cn4C)C(=O)NC4CCN(C)CC4)cc3S(=O)O)c3ccc(=[N+](CC)CC)cc-3oc2c1. The van der Waals surface area contributed by atoms with Crippen molar-refractivity contribution in [3.05, 3.63) is 130 Å². The van der Waals surface area contributed by atoms with E-state index in [1.807, 2.05) is 78.7 Å². The lowest BCUT2D eigenvalue weighted by molar-refractivity contribution is -0.688. The van der Waals surface area contributed by atoms with Gasteiger partial charge < -0.3 is 49.9 Å². The molecule has 25 heteroatoms. The largest absolute Gasteiger partial charge is 0.456 e. The molecule has 514 valence electrons. The van der Waals surface area contributed by atoms with Crippen LogP contribution < -0.4 is 55.5 Å². The fraction of sp³-hybridized carbons (Fsp3) is 0.500. The second-order valence-electron chi connectivity index (χ2n) is 24.7. The minimum atomic E-state index is -4.01. The zero-order chi connectivity index (χ0) is 68.0. The van der Waals surface area contributed by atoms with Crippen molar-refractivity contribution in [2.75, 3.05) is 70.9 Å². The van der Waals surface area contributed by atoms with Gasteiger partial charge in [-0.05, 0) is 129 Å². The zero-order valence-corrected chi connectivity index (χ0v) is 58.8. The van der Waals surface area contributed by atoms with E-state index < -0.39 is 39.1 Å². The van der Waals surface area contributed by atoms with Gasteiger partial charge in [-0.15, -0.1) is 11.3 Å². The molecule has 0 spiro atoms. The number of piperidine rings is 1. The highest BCUT2D eigenvalue weighted by molar-refractivity contribution is 7.89. The second-order valence-corrected chi connectivity index (χ2v) is 28.3. The number of hydrogen-bond acceptors (Lipinski definition) is 12. The highest BCUT2D eigenvalue weighted by Gasteiger charge is 2.32. The van der Waals surface area contributed by atoms with E-state index in [1.54, 1.807) is 23.1 Å². The molecule has 5 amide bonds. The van der Waals surface area contributed by atoms with Gasteiger partial charge in [0.05, 0.1) is 29.3 Å². The predicted octanol–water partition coefficient (Wildman–Crippen LogP) is 7.53. The van der Waals surface area contributed by atoms with E-state index in [1.165, 1.54) is 23.5 Å². The van der Waals surface area contributed by atoms with E-state index in [-0.39, 0.29) is 59.5 Å². The Balaban J connectivity index is 0.761. The third-order valence-corrected chi connectivity index (χ3v) is 21.1. The maximum Gasteiger partial charge on any atom is 0.314 e. The monoisotopic (exact) mass is 1360 g/mol. The van der Waals surface area contributed by atoms with Crippen LogP contribution in [0.4, 0.5) is 10.5 Å². The minimum absolute atomic E-state index is 0.0153. The van der Waals surface area contributed by atoms with Crippen molar-refractivity contribution in [1.29, 1.82) is 5.41 Å². The topological polar surface area (TPSA) is 272 Å². The van der Waals surface area contributed by atoms with Crippen LogP contribution in [0.2, 0.25) is 0 Å². The number of urea groups is 1. The summed E-state index contributed by atoms with van der Waals surface area (Å²) in [7, 11) is 1.69. The molecular formula is C70H99N13O9S3+2. The van der Waals surface area contributed by atoms with Crippen LogP contribution in [-0.2, 0) is 69.0 Å². The Morgan fingerprint density at radius 1 is 0.779 bits per heavy atom. The quantitative estimate of drug-likeness (QED) is 0.00823. The lowest BCUT2D eigenvalue weighted by Crippen LogP contribution is -2.56. The van der Waals surface area contributed by atoms with Gasteiger partial charge in [0.2, 0.25) is 39.4 Å². The number of imidazole rings is 1. The molecule has 8 rings (SSSR count). The summed E-state index contributed by atoms with van der Waals surface area (Å²) >= 11 is -1.31. The molecule has 3 atom stereocenters. The first kappa shape index (κ1) is 73.3. The van der Waals surface area contributed by atoms with Crippen LogP contribution in [0.5, 0.6) is 0 Å². The number of sulfonamides is 1. The fourth-order valence-corrected chi connectivity index (χ4v) is 14.9. The number of amides is 5. The summed E-state index contributed by atoms with van der Waals surface area (Å²) in [6.45, 7) is 15.0. The molecule has 1 aliphatic carbocycles. The van der Waals surface area contributed by atoms with Crippen molar-refractivity contribution in [2.45, 2.75) is 158 Å². The molecule has 3 unspecified atom stereocenters. The van der Waals surface area contributed by atoms with Crippen LogP contribution in [0.3, 0.4) is 0 Å². The lowest BCUT2D eigenvalue weighted by Gasteiger charge is -2.31. The van der Waals surface area contributed by atoms with Gasteiger partial charge in [0.1, 0.15) is 55.0 Å². The summed E-state index contributed by atoms with van der Waals surface area (Å²) in [5.41, 5.74) is 6.08. The molecule has 0 bridgehead atoms. The predicted molar refractivity (Wildman–Crippen MR) is 375 cm³/mol. The third-order valence-electron chi connectivity index (χ3n) is 18.0. The standard InChI is InChI=1S/C70H97N13O9S3/c1-8-82(9-2)52-28-31-57-62(42-52)92-63-43-53(83(10-3)11-4)29-32-58(63)66(57)59-33-30-56(45-64(59)94(88)89)95(90,91)74-38-23-17-15-13-12-14-16-22-36-72-70(87)73-37-24-21-27-60(76-65(84)44-55-48-93-69(71)80(55)7)67(85)77-61(68(86)75-51-34-39-78(5)40-35-51)41-54-47-81(49-79(54)6)46-50-25-19-18-20-26-50/h18-20,25-26,28-33,42-43,45,47-49,51,60-61,71,74H,8-17,21-24,27,34-41,44,46H2,1-7H3,(H4-2,72,73,75,76,77,84,85,86,87,88,89)/p+2. The number of nitrogens with one attached hydrogen (secondary N) is 7. The number of carbonyl (C=O) groups is 4. The number of rotatable bonds is 36. The molecular weight excluding hydrogens is 1260 g/mol. The molecule has 8 N–H and O–H groups in total. The Morgan fingerprint density at radius 2 is 1.44 bits per heavy atom. The Bertz CT molecular complexity index is 3940. The first-order chi connectivity index (χ1) is 45.8. The molecule has 4 heterocycles. The van der Waals surface area contributed by atoms with E-state index in [9.17, 15) is 36.4 Å². The summed E-state index contributed by atoms with van der Waals surface area (Å²) in [5.74, 6) is -0.537. The molecule has 95 heavy (non-hydrogen) atoms. The summed E-state index contributed by atoms with van der Waals surface area (Å²) in [4.78, 5) is 59.6. The molecule has 3 aliphatic rings. The second kappa shape index (κ2) is 36.0. The van der Waals surface area contributed by atoms with E-state index in [4.69, 9.17) is 9.83 Å². The number of carbonyl (C=O) groups excluding carboxylic acids is 4. The first-order valence-electron chi connectivity index (χ1n) is 33.7. The van der Waals surface area contributed by atoms with Gasteiger partial charge in [-0.25, -0.2) is 35.9 Å². The number of hydrogen-bond donors (Lipinski definition) is 8. The summed E-state index contributed by atoms with van der Waals surface area (Å²) in [5, 5.41) is 26.6. The Kier molecular flexibility index (Phi) is 27.7. The van der Waals surface area contributed by atoms with E-state index >= 15 is 0 Å². The number of unbranched alkanes of at least 4 members (excludes halogenated alkanes) is 8. The van der Waals surface area contributed by atoms with Gasteiger partial charge in [0.25, 0.3) is 0 Å². The van der Waals surface area contributed by atoms with Gasteiger partial charge >= 0.3 is 6.03 Å². The fourth-order valence-electron chi connectivity index (χ4n) is 12.4. The molecule has 22 nitrogen and oxygen atoms in total. The summed E-state index contributed by atoms with van der Waals surface area (Å²) in [6, 6.07) is 24.2. The van der Waals surface area contributed by atoms with Crippen molar-refractivity contribution >= 4 is 72.8 Å². The van der Waals surface area contributed by atoms with Crippen molar-refractivity contribution in [3.63, 3.8) is 0 Å². The Morgan fingerprint density at radius 3 is 2.09 bits per heavy atom. The maximum atomic E-state index is 14.4. The van der Waals surface area contributed by atoms with Crippen LogP contribution in [0.25, 0.3) is 33.4 Å². The summed E-state index contributed by atoms with van der Waals surface area (Å²) < 4.78 is 68.5. The van der Waals surface area contributed by atoms with Crippen molar-refractivity contribution < 1.29 is 45.3 Å². The van der Waals surface area contributed by atoms with Gasteiger partial charge in [-0.2, -0.15) is 0 Å². The smallest absolute Gasteiger partial charge is 0.314 e. The maximum absolute atomic E-state index is 14.4. The number of benzene rings is 4. The summed E-state index contributed by atoms with van der Waals surface area (Å²) in [6.07, 6.45) is 14.2. The Hall–Kier alpha value is -7.55. The van der Waals surface area contributed by atoms with Crippen LogP contribution in [0, 0.1) is 5.41 Å². The number of likely N-dealkylation sites (tertiary alicyclic amines) is 1. The van der Waals surface area contributed by atoms with E-state index in [0.29, 0.717) is 71.9 Å². The van der Waals surface area contributed by atoms with Crippen molar-refractivity contribution in [1.82, 2.24) is 49.9 Å². The number of fused-ring (bicyclic) bond motifs is 2. The van der Waals surface area contributed by atoms with E-state index in [0.717, 1.165) is 130 Å². The molecule has 3 aromatic carbocycles. The highest BCUT2D eigenvalue weighted by Crippen LogP contribution is 2.43. The number of thiazole rings is 1. The van der Waals surface area contributed by atoms with Crippen molar-refractivity contribution in [3.8, 4) is 22.5 Å². The first-order valence-corrected chi connectivity index (χ1v) is 37.2. The number of aryl methyl sites for hydroxylation is 1. The number of nitrogens with zero attached hydrogens (tertiary/aromatic N) is 6. The Labute approximate surface area is 566 Å². The van der Waals surface area contributed by atoms with Crippen LogP contribution in [-0.4, -0.2) is 139 Å². The third kappa shape index (κ3) is 20.7. The van der Waals surface area contributed by atoms with Gasteiger partial charge in [-0.3, -0.25) is 19.8 Å². The number of anilines is 1. The molecule has 0 radical (unpaired) electrons. The number of aromatic nitrogens is 3. The molecule has 1 fully saturated rings. The normalized spacial score (nSPS) is 13.9. The van der Waals surface area contributed by atoms with Gasteiger partial charge in [0.15, 0.2) is 15.9 Å². The van der Waals surface area contributed by atoms with Crippen LogP contribution >= 0.6 is 11.3 Å². The average Bonchev–Trinajstić information content (AvgIpc) is 1.27. The molecule has 1 saturated heterocycles. The zero-order valence-electron chi connectivity index (χ0n) is 56.3. The molecule has 5 aromatic rings. The highest BCUT2D eigenvalue weighted by atomic mass is 32.2. The van der Waals surface area contributed by atoms with E-state index in [2.05, 4.69) is 97.1 Å². The lowest BCUT2D eigenvalue weighted by atomic mass is 9.93. The molecule has 2 aliphatic heterocycles. The average molecular weight is 1360 g/mol.